The topological polar surface area (TPSA) is 103 Å². The van der Waals surface area contributed by atoms with Gasteiger partial charge in [0.1, 0.15) is 11.6 Å². The zero-order chi connectivity index (χ0) is 22.9. The number of fused-ring (bicyclic) bond motifs is 1. The van der Waals surface area contributed by atoms with E-state index in [1.807, 2.05) is 36.7 Å². The molecule has 34 heavy (non-hydrogen) atoms. The van der Waals surface area contributed by atoms with Crippen LogP contribution in [0.1, 0.15) is 53.5 Å². The number of hydrogen-bond acceptors (Lipinski definition) is 7. The number of H-pyrrole nitrogens is 1. The van der Waals surface area contributed by atoms with E-state index in [2.05, 4.69) is 52.3 Å². The fourth-order valence-electron chi connectivity index (χ4n) is 4.39. The van der Waals surface area contributed by atoms with Crippen LogP contribution in [0, 0.1) is 0 Å². The van der Waals surface area contributed by atoms with Gasteiger partial charge in [0.15, 0.2) is 5.82 Å². The van der Waals surface area contributed by atoms with Crippen LogP contribution < -0.4 is 16.0 Å². The Hall–Kier alpha value is -3.24. The van der Waals surface area contributed by atoms with Gasteiger partial charge in [0, 0.05) is 53.1 Å². The number of anilines is 1. The fourth-order valence-corrected chi connectivity index (χ4v) is 5.25. The van der Waals surface area contributed by atoms with Gasteiger partial charge in [-0.1, -0.05) is 0 Å². The van der Waals surface area contributed by atoms with Gasteiger partial charge < -0.3 is 20.3 Å². The Morgan fingerprint density at radius 1 is 1.18 bits per heavy atom. The number of aromatic amines is 1. The summed E-state index contributed by atoms with van der Waals surface area (Å²) in [6, 6.07) is 10.1. The van der Waals surface area contributed by atoms with Crippen molar-refractivity contribution in [1.29, 1.82) is 0 Å². The molecule has 176 valence electrons. The molecule has 6 rings (SSSR count). The number of carbonyl (C=O) groups is 1. The third-order valence-electron chi connectivity index (χ3n) is 6.38. The van der Waals surface area contributed by atoms with E-state index in [1.54, 1.807) is 11.9 Å². The SMILES string of the molecule is O=C(NC1CCCNC1)c1ccc(SN2C=C(Nc3cc(C4CC4)[nH]n3)n3ccnc3C2)cc1. The van der Waals surface area contributed by atoms with Crippen molar-refractivity contribution in [1.82, 2.24) is 34.7 Å². The van der Waals surface area contributed by atoms with Gasteiger partial charge >= 0.3 is 0 Å². The average molecular weight is 477 g/mol. The third-order valence-corrected chi connectivity index (χ3v) is 7.33. The Morgan fingerprint density at radius 2 is 2.06 bits per heavy atom. The molecule has 2 fully saturated rings. The Balaban J connectivity index is 1.13. The molecule has 9 nitrogen and oxygen atoms in total. The van der Waals surface area contributed by atoms with Gasteiger partial charge in [0.05, 0.1) is 12.7 Å². The van der Waals surface area contributed by atoms with E-state index in [0.29, 0.717) is 18.0 Å². The number of nitrogens with one attached hydrogen (secondary N) is 4. The number of piperidine rings is 1. The first kappa shape index (κ1) is 21.3. The number of rotatable bonds is 7. The molecule has 0 spiro atoms. The summed E-state index contributed by atoms with van der Waals surface area (Å²) in [4.78, 5) is 18.2. The molecular formula is C24H28N8OS. The predicted molar refractivity (Wildman–Crippen MR) is 132 cm³/mol. The van der Waals surface area contributed by atoms with E-state index >= 15 is 0 Å². The van der Waals surface area contributed by atoms with Gasteiger partial charge in [-0.25, -0.2) is 4.98 Å². The first-order valence-corrected chi connectivity index (χ1v) is 12.6. The van der Waals surface area contributed by atoms with E-state index in [9.17, 15) is 4.79 Å². The third kappa shape index (κ3) is 4.69. The molecule has 3 aliphatic rings. The second-order valence-electron chi connectivity index (χ2n) is 9.04. The number of amides is 1. The largest absolute Gasteiger partial charge is 0.348 e. The molecule has 3 aromatic rings. The molecule has 1 saturated heterocycles. The zero-order valence-electron chi connectivity index (χ0n) is 18.8. The summed E-state index contributed by atoms with van der Waals surface area (Å²) in [5.74, 6) is 3.28. The fraction of sp³-hybridized carbons (Fsp3) is 0.375. The second kappa shape index (κ2) is 9.19. The molecule has 2 aliphatic heterocycles. The lowest BCUT2D eigenvalue weighted by molar-refractivity contribution is 0.0930. The van der Waals surface area contributed by atoms with Crippen LogP contribution in [-0.4, -0.2) is 49.1 Å². The molecule has 1 aromatic carbocycles. The highest BCUT2D eigenvalue weighted by Crippen LogP contribution is 2.39. The molecule has 4 N–H and O–H groups in total. The lowest BCUT2D eigenvalue weighted by atomic mass is 10.1. The summed E-state index contributed by atoms with van der Waals surface area (Å²) < 4.78 is 4.19. The van der Waals surface area contributed by atoms with Crippen molar-refractivity contribution in [2.45, 2.75) is 49.1 Å². The minimum Gasteiger partial charge on any atom is -0.348 e. The van der Waals surface area contributed by atoms with Gasteiger partial charge in [0.2, 0.25) is 0 Å². The molecule has 1 aliphatic carbocycles. The number of aromatic nitrogens is 4. The molecule has 10 heteroatoms. The normalized spacial score (nSPS) is 19.9. The van der Waals surface area contributed by atoms with Crippen molar-refractivity contribution in [3.63, 3.8) is 0 Å². The molecule has 4 heterocycles. The maximum absolute atomic E-state index is 12.6. The number of hydrogen-bond donors (Lipinski definition) is 4. The van der Waals surface area contributed by atoms with E-state index in [0.717, 1.165) is 48.3 Å². The van der Waals surface area contributed by atoms with Gasteiger partial charge in [-0.2, -0.15) is 5.10 Å². The molecule has 0 bridgehead atoms. The van der Waals surface area contributed by atoms with Crippen LogP contribution in [0.2, 0.25) is 0 Å². The van der Waals surface area contributed by atoms with Crippen molar-refractivity contribution < 1.29 is 4.79 Å². The highest BCUT2D eigenvalue weighted by molar-refractivity contribution is 7.97. The van der Waals surface area contributed by atoms with Crippen LogP contribution in [-0.2, 0) is 6.54 Å². The summed E-state index contributed by atoms with van der Waals surface area (Å²) >= 11 is 1.62. The Kier molecular flexibility index (Phi) is 5.76. The van der Waals surface area contributed by atoms with Gasteiger partial charge in [-0.15, -0.1) is 0 Å². The van der Waals surface area contributed by atoms with E-state index in [1.165, 1.54) is 18.5 Å². The highest BCUT2D eigenvalue weighted by atomic mass is 32.2. The van der Waals surface area contributed by atoms with Crippen LogP contribution in [0.25, 0.3) is 5.82 Å². The van der Waals surface area contributed by atoms with Gasteiger partial charge in [-0.3, -0.25) is 14.5 Å². The van der Waals surface area contributed by atoms with Crippen molar-refractivity contribution in [2.75, 3.05) is 18.4 Å². The Labute approximate surface area is 202 Å². The van der Waals surface area contributed by atoms with E-state index in [4.69, 9.17) is 0 Å². The van der Waals surface area contributed by atoms with E-state index in [-0.39, 0.29) is 11.9 Å². The molecule has 1 amide bonds. The maximum atomic E-state index is 12.6. The summed E-state index contributed by atoms with van der Waals surface area (Å²) in [7, 11) is 0. The number of benzene rings is 1. The lowest BCUT2D eigenvalue weighted by Gasteiger charge is -2.26. The van der Waals surface area contributed by atoms with Crippen LogP contribution in [0.4, 0.5) is 5.82 Å². The van der Waals surface area contributed by atoms with Gasteiger partial charge in [0.25, 0.3) is 5.91 Å². The molecule has 0 radical (unpaired) electrons. The monoisotopic (exact) mass is 476 g/mol. The molecule has 2 aromatic heterocycles. The maximum Gasteiger partial charge on any atom is 0.251 e. The van der Waals surface area contributed by atoms with E-state index < -0.39 is 0 Å². The minimum atomic E-state index is -0.0128. The first-order chi connectivity index (χ1) is 16.7. The summed E-state index contributed by atoms with van der Waals surface area (Å²) in [5.41, 5.74) is 1.88. The average Bonchev–Trinajstić information content (AvgIpc) is 3.41. The van der Waals surface area contributed by atoms with Crippen LogP contribution in [0.15, 0.2) is 53.8 Å². The first-order valence-electron chi connectivity index (χ1n) is 11.8. The van der Waals surface area contributed by atoms with Crippen LogP contribution >= 0.6 is 11.9 Å². The standard InChI is InChI=1S/C24H28N8OS/c33-24(27-18-2-1-9-25-13-18)17-5-7-19(8-6-17)34-31-14-22-26-10-11-32(22)23(15-31)28-21-12-20(29-30-21)16-3-4-16/h5-8,10-12,15-16,18,25H,1-4,9,13-14H2,(H,27,33)(H2,28,29,30). The predicted octanol–water partition coefficient (Wildman–Crippen LogP) is 3.36. The van der Waals surface area contributed by atoms with Crippen LogP contribution in [0.5, 0.6) is 0 Å². The van der Waals surface area contributed by atoms with Crippen molar-refractivity contribution in [3.05, 3.63) is 66.0 Å². The number of imidazole rings is 1. The van der Waals surface area contributed by atoms with Crippen molar-refractivity contribution in [2.24, 2.45) is 0 Å². The Bertz CT molecular complexity index is 1190. The van der Waals surface area contributed by atoms with Gasteiger partial charge in [-0.05, 0) is 68.4 Å². The molecule has 1 unspecified atom stereocenters. The van der Waals surface area contributed by atoms with Crippen LogP contribution in [0.3, 0.4) is 0 Å². The quantitative estimate of drug-likeness (QED) is 0.388. The Morgan fingerprint density at radius 3 is 2.85 bits per heavy atom. The molecular weight excluding hydrogens is 448 g/mol. The summed E-state index contributed by atoms with van der Waals surface area (Å²) in [6.07, 6.45) is 10.4. The highest BCUT2D eigenvalue weighted by Gasteiger charge is 2.26. The number of nitrogens with zero attached hydrogens (tertiary/aromatic N) is 4. The number of carbonyl (C=O) groups excluding carboxylic acids is 1. The summed E-state index contributed by atoms with van der Waals surface area (Å²) in [6.45, 7) is 2.55. The summed E-state index contributed by atoms with van der Waals surface area (Å²) in [5, 5.41) is 17.5. The van der Waals surface area contributed by atoms with Crippen molar-refractivity contribution >= 4 is 29.5 Å². The zero-order valence-corrected chi connectivity index (χ0v) is 19.6. The smallest absolute Gasteiger partial charge is 0.251 e. The molecule has 1 saturated carbocycles. The van der Waals surface area contributed by atoms with Crippen molar-refractivity contribution in [3.8, 4) is 0 Å². The molecule has 1 atom stereocenters. The second-order valence-corrected chi connectivity index (χ2v) is 10.2. The minimum absolute atomic E-state index is 0.0128. The lowest BCUT2D eigenvalue weighted by Crippen LogP contribution is -2.45.